The zero-order chi connectivity index (χ0) is 12.9. The van der Waals surface area contributed by atoms with Crippen LogP contribution >= 0.6 is 0 Å². The van der Waals surface area contributed by atoms with E-state index in [-0.39, 0.29) is 11.9 Å². The Hall–Kier alpha value is -2.32. The summed E-state index contributed by atoms with van der Waals surface area (Å²) in [5.41, 5.74) is 2.52. The molecule has 2 saturated heterocycles. The van der Waals surface area contributed by atoms with E-state index in [1.807, 2.05) is 0 Å². The van der Waals surface area contributed by atoms with Crippen molar-refractivity contribution in [2.24, 2.45) is 0 Å². The van der Waals surface area contributed by atoms with Gasteiger partial charge in [0.25, 0.3) is 0 Å². The van der Waals surface area contributed by atoms with Crippen molar-refractivity contribution in [3.63, 3.8) is 0 Å². The molecule has 1 spiro atoms. The summed E-state index contributed by atoms with van der Waals surface area (Å²) in [4.78, 5) is 0. The second-order valence-corrected chi connectivity index (χ2v) is 5.76. The van der Waals surface area contributed by atoms with E-state index in [9.17, 15) is 0 Å². The van der Waals surface area contributed by atoms with Crippen LogP contribution in [0.2, 0.25) is 0 Å². The minimum atomic E-state index is -0.368. The van der Waals surface area contributed by atoms with Crippen molar-refractivity contribution in [2.45, 2.75) is 11.9 Å². The lowest BCUT2D eigenvalue weighted by Crippen LogP contribution is -1.97. The van der Waals surface area contributed by atoms with Gasteiger partial charge in [0, 0.05) is 5.56 Å². The Labute approximate surface area is 115 Å². The highest BCUT2D eigenvalue weighted by Gasteiger charge is 2.78. The lowest BCUT2D eigenvalue weighted by atomic mass is 9.90. The molecule has 2 atom stereocenters. The topological polar surface area (TPSA) is 25.1 Å². The van der Waals surface area contributed by atoms with Crippen molar-refractivity contribution < 1.29 is 9.47 Å². The summed E-state index contributed by atoms with van der Waals surface area (Å²) in [5.74, 6) is 0.627. The van der Waals surface area contributed by atoms with Crippen LogP contribution in [0.5, 0.6) is 0 Å². The van der Waals surface area contributed by atoms with Gasteiger partial charge in [0.15, 0.2) is 11.9 Å². The second kappa shape index (κ2) is 2.74. The Balaban J connectivity index is 1.78. The number of ether oxygens (including phenoxy) is 2. The number of benzene rings is 3. The fraction of sp³-hybridized carbons (Fsp3) is 0.111. The Morgan fingerprint density at radius 1 is 0.900 bits per heavy atom. The molecule has 2 heterocycles. The Kier molecular flexibility index (Phi) is 1.31. The maximum Gasteiger partial charge on any atom is 0.301 e. The smallest absolute Gasteiger partial charge is 0.301 e. The van der Waals surface area contributed by atoms with E-state index in [4.69, 9.17) is 9.47 Å². The van der Waals surface area contributed by atoms with Crippen LogP contribution in [0.1, 0.15) is 17.2 Å². The van der Waals surface area contributed by atoms with Gasteiger partial charge in [-0.25, -0.2) is 0 Å². The van der Waals surface area contributed by atoms with Gasteiger partial charge in [-0.3, -0.25) is 0 Å². The average Bonchev–Trinajstić information content (AvgIpc) is 3.35. The largest absolute Gasteiger partial charge is 0.449 e. The normalized spacial score (nSPS) is 28.2. The summed E-state index contributed by atoms with van der Waals surface area (Å²) in [7, 11) is 0. The van der Waals surface area contributed by atoms with Crippen LogP contribution in [-0.4, -0.2) is 5.79 Å². The number of epoxide rings is 2. The van der Waals surface area contributed by atoms with Crippen molar-refractivity contribution in [1.82, 2.24) is 0 Å². The Morgan fingerprint density at radius 3 is 2.65 bits per heavy atom. The quantitative estimate of drug-likeness (QED) is 0.447. The predicted octanol–water partition coefficient (Wildman–Crippen LogP) is 4.15. The maximum absolute atomic E-state index is 5.80. The highest BCUT2D eigenvalue weighted by Crippen LogP contribution is 2.70. The first kappa shape index (κ1) is 9.56. The molecule has 6 rings (SSSR count). The van der Waals surface area contributed by atoms with E-state index in [1.54, 1.807) is 0 Å². The standard InChI is InChI=1S/C18H10O2/c1-2-4-11-8-14-12(7-10(11)3-1)5-6-13-9-15-18(19-15)17(20-18)16(13)14/h1-9,17H. The molecule has 0 N–H and O–H groups in total. The fourth-order valence-electron chi connectivity index (χ4n) is 3.54. The van der Waals surface area contributed by atoms with Gasteiger partial charge in [-0.1, -0.05) is 36.4 Å². The van der Waals surface area contributed by atoms with Crippen LogP contribution in [0.15, 0.2) is 54.3 Å². The molecule has 2 fully saturated rings. The number of rotatable bonds is 0. The lowest BCUT2D eigenvalue weighted by Gasteiger charge is -2.10. The third-order valence-corrected chi connectivity index (χ3v) is 4.65. The molecular weight excluding hydrogens is 248 g/mol. The molecule has 20 heavy (non-hydrogen) atoms. The van der Waals surface area contributed by atoms with Crippen LogP contribution < -0.4 is 0 Å². The highest BCUT2D eigenvalue weighted by atomic mass is 16.9. The van der Waals surface area contributed by atoms with Gasteiger partial charge in [-0.05, 0) is 45.3 Å². The van der Waals surface area contributed by atoms with Gasteiger partial charge in [-0.15, -0.1) is 0 Å². The number of hydrogen-bond donors (Lipinski definition) is 0. The molecular formula is C18H10O2. The highest BCUT2D eigenvalue weighted by molar-refractivity contribution is 6.01. The van der Waals surface area contributed by atoms with E-state index in [2.05, 4.69) is 54.6 Å². The van der Waals surface area contributed by atoms with Crippen molar-refractivity contribution in [3.05, 3.63) is 65.4 Å². The summed E-state index contributed by atoms with van der Waals surface area (Å²) in [6, 6.07) is 17.4. The summed E-state index contributed by atoms with van der Waals surface area (Å²) in [5, 5.41) is 5.11. The molecule has 0 bridgehead atoms. The summed E-state index contributed by atoms with van der Waals surface area (Å²) in [6.45, 7) is 0. The molecule has 0 aromatic heterocycles. The van der Waals surface area contributed by atoms with E-state index < -0.39 is 0 Å². The van der Waals surface area contributed by atoms with E-state index in [0.717, 1.165) is 5.76 Å². The van der Waals surface area contributed by atoms with Crippen molar-refractivity contribution in [1.29, 1.82) is 0 Å². The fourth-order valence-corrected chi connectivity index (χ4v) is 3.54. The van der Waals surface area contributed by atoms with Gasteiger partial charge >= 0.3 is 5.79 Å². The summed E-state index contributed by atoms with van der Waals surface area (Å²) < 4.78 is 11.4. The predicted molar refractivity (Wildman–Crippen MR) is 77.1 cm³/mol. The third kappa shape index (κ3) is 0.949. The van der Waals surface area contributed by atoms with Gasteiger partial charge in [-0.2, -0.15) is 0 Å². The monoisotopic (exact) mass is 258 g/mol. The van der Waals surface area contributed by atoms with Crippen molar-refractivity contribution in [2.75, 3.05) is 0 Å². The first-order chi connectivity index (χ1) is 9.85. The van der Waals surface area contributed by atoms with Gasteiger partial charge in [0.05, 0.1) is 0 Å². The molecule has 2 unspecified atom stereocenters. The third-order valence-electron chi connectivity index (χ3n) is 4.65. The second-order valence-electron chi connectivity index (χ2n) is 5.76. The molecule has 0 amide bonds. The molecule has 2 aliphatic heterocycles. The van der Waals surface area contributed by atoms with E-state index in [0.29, 0.717) is 0 Å². The zero-order valence-corrected chi connectivity index (χ0v) is 10.6. The summed E-state index contributed by atoms with van der Waals surface area (Å²) >= 11 is 0. The zero-order valence-electron chi connectivity index (χ0n) is 10.6. The first-order valence-corrected chi connectivity index (χ1v) is 6.90. The average molecular weight is 258 g/mol. The molecule has 0 radical (unpaired) electrons. The Bertz CT molecular complexity index is 970. The number of fused-ring (bicyclic) bond motifs is 5. The molecule has 0 saturated carbocycles. The molecule has 3 aromatic rings. The van der Waals surface area contributed by atoms with Crippen molar-refractivity contribution >= 4 is 27.6 Å². The van der Waals surface area contributed by atoms with Crippen LogP contribution in [0, 0.1) is 0 Å². The summed E-state index contributed by atoms with van der Waals surface area (Å²) in [6.07, 6.45) is 2.22. The van der Waals surface area contributed by atoms with Gasteiger partial charge in [0.2, 0.25) is 0 Å². The minimum absolute atomic E-state index is 0.0994. The van der Waals surface area contributed by atoms with E-state index >= 15 is 0 Å². The molecule has 2 nitrogen and oxygen atoms in total. The minimum Gasteiger partial charge on any atom is -0.449 e. The lowest BCUT2D eigenvalue weighted by molar-refractivity contribution is 0.254. The number of hydrogen-bond acceptors (Lipinski definition) is 2. The molecule has 94 valence electrons. The van der Waals surface area contributed by atoms with Gasteiger partial charge < -0.3 is 9.47 Å². The van der Waals surface area contributed by atoms with Gasteiger partial charge in [0.1, 0.15) is 0 Å². The van der Waals surface area contributed by atoms with Crippen LogP contribution in [-0.2, 0) is 9.47 Å². The van der Waals surface area contributed by atoms with Crippen molar-refractivity contribution in [3.8, 4) is 0 Å². The molecule has 3 aliphatic rings. The Morgan fingerprint density at radius 2 is 1.75 bits per heavy atom. The van der Waals surface area contributed by atoms with Crippen LogP contribution in [0.4, 0.5) is 0 Å². The first-order valence-electron chi connectivity index (χ1n) is 6.90. The molecule has 2 heteroatoms. The maximum atomic E-state index is 5.80. The van der Waals surface area contributed by atoms with Crippen LogP contribution in [0.25, 0.3) is 27.6 Å². The van der Waals surface area contributed by atoms with Crippen LogP contribution in [0.3, 0.4) is 0 Å². The molecule has 1 aliphatic carbocycles. The SMILES string of the molecule is C1=C2OC23OC3c2c1ccc1cc3ccccc3cc21. The van der Waals surface area contributed by atoms with E-state index in [1.165, 1.54) is 32.7 Å². The molecule has 3 aromatic carbocycles.